The number of benzene rings is 3. The Morgan fingerprint density at radius 1 is 0.882 bits per heavy atom. The monoisotopic (exact) mass is 456 g/mol. The van der Waals surface area contributed by atoms with Crippen LogP contribution in [0.5, 0.6) is 5.75 Å². The molecule has 5 nitrogen and oxygen atoms in total. The van der Waals surface area contributed by atoms with Crippen molar-refractivity contribution in [3.05, 3.63) is 108 Å². The van der Waals surface area contributed by atoms with Crippen molar-refractivity contribution in [1.29, 1.82) is 0 Å². The summed E-state index contributed by atoms with van der Waals surface area (Å²) in [5.74, 6) is 2.33. The molecule has 0 spiro atoms. The summed E-state index contributed by atoms with van der Waals surface area (Å²) in [6.07, 6.45) is 0.635. The van der Waals surface area contributed by atoms with Gasteiger partial charge in [-0.15, -0.1) is 0 Å². The smallest absolute Gasteiger partial charge is 0.226 e. The quantitative estimate of drug-likeness (QED) is 0.262. The van der Waals surface area contributed by atoms with Crippen LogP contribution >= 0.6 is 0 Å². The average Bonchev–Trinajstić information content (AvgIpc) is 3.24. The van der Waals surface area contributed by atoms with E-state index in [0.29, 0.717) is 25.5 Å². The Hall–Kier alpha value is -3.41. The van der Waals surface area contributed by atoms with Gasteiger partial charge in [-0.05, 0) is 56.2 Å². The third-order valence-electron chi connectivity index (χ3n) is 5.73. The Morgan fingerprint density at radius 2 is 1.56 bits per heavy atom. The zero-order valence-corrected chi connectivity index (χ0v) is 20.0. The molecule has 1 N–H and O–H groups in total. The van der Waals surface area contributed by atoms with Crippen LogP contribution in [0.4, 0.5) is 0 Å². The number of aromatic nitrogens is 1. The summed E-state index contributed by atoms with van der Waals surface area (Å²) in [5.41, 5.74) is 4.26. The molecule has 2 atom stereocenters. The number of rotatable bonds is 11. The fourth-order valence-electron chi connectivity index (χ4n) is 3.77. The van der Waals surface area contributed by atoms with E-state index in [-0.39, 0.29) is 12.3 Å². The highest BCUT2D eigenvalue weighted by Crippen LogP contribution is 2.22. The molecule has 5 heteroatoms. The van der Waals surface area contributed by atoms with Gasteiger partial charge in [0.05, 0.1) is 18.9 Å². The van der Waals surface area contributed by atoms with Crippen molar-refractivity contribution in [3.8, 4) is 17.2 Å². The van der Waals surface area contributed by atoms with Crippen molar-refractivity contribution in [2.75, 3.05) is 6.61 Å². The lowest BCUT2D eigenvalue weighted by molar-refractivity contribution is 0.0236. The van der Waals surface area contributed by atoms with Crippen LogP contribution < -0.4 is 10.1 Å². The first-order valence-corrected chi connectivity index (χ1v) is 11.7. The molecule has 1 heterocycles. The van der Waals surface area contributed by atoms with E-state index in [4.69, 9.17) is 13.9 Å². The van der Waals surface area contributed by atoms with Crippen LogP contribution in [-0.4, -0.2) is 17.8 Å². The van der Waals surface area contributed by atoms with E-state index in [9.17, 15) is 0 Å². The Bertz CT molecular complexity index is 1140. The number of oxazole rings is 1. The summed E-state index contributed by atoms with van der Waals surface area (Å²) in [5, 5.41) is 3.49. The molecular weight excluding hydrogens is 424 g/mol. The second-order valence-electron chi connectivity index (χ2n) is 8.38. The van der Waals surface area contributed by atoms with Crippen LogP contribution in [0.1, 0.15) is 42.5 Å². The molecule has 176 valence electrons. The van der Waals surface area contributed by atoms with Crippen LogP contribution in [0.15, 0.2) is 89.3 Å². The summed E-state index contributed by atoms with van der Waals surface area (Å²) in [7, 11) is 0. The van der Waals surface area contributed by atoms with Gasteiger partial charge in [0.25, 0.3) is 0 Å². The van der Waals surface area contributed by atoms with E-state index in [0.717, 1.165) is 22.8 Å². The molecule has 3 aromatic carbocycles. The second kappa shape index (κ2) is 11.6. The molecule has 0 aliphatic rings. The maximum Gasteiger partial charge on any atom is 0.226 e. The van der Waals surface area contributed by atoms with Crippen molar-refractivity contribution in [2.45, 2.75) is 46.1 Å². The summed E-state index contributed by atoms with van der Waals surface area (Å²) in [6, 6.07) is 28.5. The molecule has 0 bridgehead atoms. The van der Waals surface area contributed by atoms with Crippen molar-refractivity contribution in [3.63, 3.8) is 0 Å². The summed E-state index contributed by atoms with van der Waals surface area (Å²) < 4.78 is 17.7. The summed E-state index contributed by atoms with van der Waals surface area (Å²) >= 11 is 0. The highest BCUT2D eigenvalue weighted by molar-refractivity contribution is 5.53. The first kappa shape index (κ1) is 23.7. The lowest BCUT2D eigenvalue weighted by atomic mass is 10.1. The van der Waals surface area contributed by atoms with Crippen molar-refractivity contribution in [1.82, 2.24) is 10.3 Å². The van der Waals surface area contributed by atoms with Crippen molar-refractivity contribution >= 4 is 0 Å². The summed E-state index contributed by atoms with van der Waals surface area (Å²) in [4.78, 5) is 4.64. The molecule has 4 rings (SSSR count). The van der Waals surface area contributed by atoms with E-state index in [2.05, 4.69) is 41.5 Å². The fourth-order valence-corrected chi connectivity index (χ4v) is 3.77. The van der Waals surface area contributed by atoms with Crippen LogP contribution in [0, 0.1) is 6.92 Å². The molecule has 0 aliphatic heterocycles. The van der Waals surface area contributed by atoms with Gasteiger partial charge in [-0.2, -0.15) is 0 Å². The van der Waals surface area contributed by atoms with Gasteiger partial charge in [0.1, 0.15) is 17.7 Å². The third kappa shape index (κ3) is 6.56. The maximum absolute atomic E-state index is 5.96. The number of nitrogens with one attached hydrogen (secondary N) is 1. The minimum absolute atomic E-state index is 0.0578. The number of nitrogens with zero attached hydrogens (tertiary/aromatic N) is 1. The average molecular weight is 457 g/mol. The molecule has 0 radical (unpaired) electrons. The van der Waals surface area contributed by atoms with E-state index in [1.165, 1.54) is 11.1 Å². The standard InChI is InChI=1S/C29H32N2O3/c1-21(30-23(3)33-20-24-10-6-4-7-11-24)25-14-16-27(17-15-25)32-19-18-28-22(2)34-29(31-28)26-12-8-5-9-13-26/h4-17,21,23,30H,18-20H2,1-3H3. The maximum atomic E-state index is 5.96. The Balaban J connectivity index is 1.23. The topological polar surface area (TPSA) is 56.5 Å². The number of ether oxygens (including phenoxy) is 2. The molecule has 0 saturated heterocycles. The van der Waals surface area contributed by atoms with E-state index in [1.54, 1.807) is 0 Å². The second-order valence-corrected chi connectivity index (χ2v) is 8.38. The highest BCUT2D eigenvalue weighted by atomic mass is 16.5. The van der Waals surface area contributed by atoms with Gasteiger partial charge in [-0.1, -0.05) is 60.7 Å². The molecule has 0 fully saturated rings. The van der Waals surface area contributed by atoms with Gasteiger partial charge in [0, 0.05) is 18.0 Å². The lowest BCUT2D eigenvalue weighted by Gasteiger charge is -2.21. The van der Waals surface area contributed by atoms with E-state index >= 15 is 0 Å². The normalized spacial score (nSPS) is 12.9. The van der Waals surface area contributed by atoms with Gasteiger partial charge in [0.2, 0.25) is 5.89 Å². The zero-order valence-electron chi connectivity index (χ0n) is 20.0. The highest BCUT2D eigenvalue weighted by Gasteiger charge is 2.12. The van der Waals surface area contributed by atoms with Crippen LogP contribution in [0.25, 0.3) is 11.5 Å². The van der Waals surface area contributed by atoms with Gasteiger partial charge in [-0.25, -0.2) is 4.98 Å². The van der Waals surface area contributed by atoms with E-state index < -0.39 is 0 Å². The summed E-state index contributed by atoms with van der Waals surface area (Å²) in [6.45, 7) is 7.25. The predicted octanol–water partition coefficient (Wildman–Crippen LogP) is 6.48. The lowest BCUT2D eigenvalue weighted by Crippen LogP contribution is -2.31. The number of aryl methyl sites for hydroxylation is 1. The molecule has 2 unspecified atom stereocenters. The van der Waals surface area contributed by atoms with Crippen molar-refractivity contribution in [2.24, 2.45) is 0 Å². The number of hydrogen-bond acceptors (Lipinski definition) is 5. The van der Waals surface area contributed by atoms with Crippen LogP contribution in [-0.2, 0) is 17.8 Å². The largest absolute Gasteiger partial charge is 0.493 e. The molecule has 0 saturated carbocycles. The molecule has 0 aliphatic carbocycles. The van der Waals surface area contributed by atoms with Gasteiger partial charge in [-0.3, -0.25) is 5.32 Å². The van der Waals surface area contributed by atoms with Crippen LogP contribution in [0.3, 0.4) is 0 Å². The first-order valence-electron chi connectivity index (χ1n) is 11.7. The first-order chi connectivity index (χ1) is 16.6. The van der Waals surface area contributed by atoms with Crippen LogP contribution in [0.2, 0.25) is 0 Å². The van der Waals surface area contributed by atoms with E-state index in [1.807, 2.05) is 74.5 Å². The molecular formula is C29H32N2O3. The Labute approximate surface area is 201 Å². The van der Waals surface area contributed by atoms with Gasteiger partial charge >= 0.3 is 0 Å². The third-order valence-corrected chi connectivity index (χ3v) is 5.73. The molecule has 34 heavy (non-hydrogen) atoms. The van der Waals surface area contributed by atoms with Gasteiger partial charge in [0.15, 0.2) is 0 Å². The zero-order chi connectivity index (χ0) is 23.8. The Kier molecular flexibility index (Phi) is 8.12. The SMILES string of the molecule is Cc1oc(-c2ccccc2)nc1CCOc1ccc(C(C)NC(C)OCc2ccccc2)cc1. The fraction of sp³-hybridized carbons (Fsp3) is 0.276. The Morgan fingerprint density at radius 3 is 2.26 bits per heavy atom. The number of hydrogen-bond donors (Lipinski definition) is 1. The molecule has 1 aromatic heterocycles. The molecule has 0 amide bonds. The minimum Gasteiger partial charge on any atom is -0.493 e. The van der Waals surface area contributed by atoms with Crippen molar-refractivity contribution < 1.29 is 13.9 Å². The minimum atomic E-state index is -0.0578. The van der Waals surface area contributed by atoms with Gasteiger partial charge < -0.3 is 13.9 Å². The predicted molar refractivity (Wildman–Crippen MR) is 135 cm³/mol. The molecule has 4 aromatic rings.